The maximum absolute atomic E-state index is 13.0. The minimum absolute atomic E-state index is 0.0701. The lowest BCUT2D eigenvalue weighted by Gasteiger charge is -2.16. The standard InChI is InChI=1S/C23H22F3NO4S/c1-4-31-21(28)13-16-11-12-27(18-8-6-17(7-9-18)23(24,25)26)22(16)20-14-19(32(3,29)30)10-5-15(20)2/h5-12,14H,4,13H2,1-3H3. The van der Waals surface area contributed by atoms with Crippen molar-refractivity contribution in [2.75, 3.05) is 12.9 Å². The van der Waals surface area contributed by atoms with Crippen molar-refractivity contribution >= 4 is 15.8 Å². The summed E-state index contributed by atoms with van der Waals surface area (Å²) >= 11 is 0. The van der Waals surface area contributed by atoms with E-state index in [1.807, 2.05) is 0 Å². The Balaban J connectivity index is 2.21. The van der Waals surface area contributed by atoms with Crippen LogP contribution in [-0.2, 0) is 32.0 Å². The third-order valence-corrected chi connectivity index (χ3v) is 6.09. The van der Waals surface area contributed by atoms with E-state index in [-0.39, 0.29) is 17.9 Å². The van der Waals surface area contributed by atoms with Gasteiger partial charge < -0.3 is 9.30 Å². The number of benzene rings is 2. The van der Waals surface area contributed by atoms with Gasteiger partial charge in [0.2, 0.25) is 0 Å². The average Bonchev–Trinajstić information content (AvgIpc) is 3.10. The van der Waals surface area contributed by atoms with Gasteiger partial charge in [0.05, 0.1) is 29.2 Å². The summed E-state index contributed by atoms with van der Waals surface area (Å²) in [5, 5.41) is 0. The van der Waals surface area contributed by atoms with Crippen molar-refractivity contribution in [3.63, 3.8) is 0 Å². The molecule has 0 saturated heterocycles. The van der Waals surface area contributed by atoms with Gasteiger partial charge in [-0.3, -0.25) is 4.79 Å². The first-order chi connectivity index (χ1) is 14.9. The second-order valence-corrected chi connectivity index (χ2v) is 9.35. The molecule has 1 aromatic heterocycles. The van der Waals surface area contributed by atoms with Crippen molar-refractivity contribution in [3.05, 3.63) is 71.4 Å². The molecule has 0 fully saturated rings. The van der Waals surface area contributed by atoms with E-state index in [2.05, 4.69) is 0 Å². The van der Waals surface area contributed by atoms with Gasteiger partial charge in [0, 0.05) is 23.7 Å². The number of esters is 1. The first kappa shape index (κ1) is 23.6. The summed E-state index contributed by atoms with van der Waals surface area (Å²) in [6.07, 6.45) is -1.80. The molecule has 0 atom stereocenters. The van der Waals surface area contributed by atoms with Gasteiger partial charge in [-0.15, -0.1) is 0 Å². The summed E-state index contributed by atoms with van der Waals surface area (Å²) in [5.41, 5.74) is 2.04. The molecule has 0 bridgehead atoms. The summed E-state index contributed by atoms with van der Waals surface area (Å²) < 4.78 is 69.9. The molecule has 3 aromatic rings. The number of hydrogen-bond donors (Lipinski definition) is 0. The van der Waals surface area contributed by atoms with Crippen LogP contribution < -0.4 is 0 Å². The third-order valence-electron chi connectivity index (χ3n) is 4.98. The van der Waals surface area contributed by atoms with Crippen molar-refractivity contribution in [2.45, 2.75) is 31.3 Å². The molecule has 0 aliphatic carbocycles. The predicted molar refractivity (Wildman–Crippen MR) is 114 cm³/mol. The summed E-state index contributed by atoms with van der Waals surface area (Å²) in [4.78, 5) is 12.3. The highest BCUT2D eigenvalue weighted by Gasteiger charge is 2.30. The Kier molecular flexibility index (Phi) is 6.50. The SMILES string of the molecule is CCOC(=O)Cc1ccn(-c2ccc(C(F)(F)F)cc2)c1-c1cc(S(C)(=O)=O)ccc1C. The normalized spacial score (nSPS) is 12.1. The number of sulfone groups is 1. The molecular weight excluding hydrogens is 443 g/mol. The summed E-state index contributed by atoms with van der Waals surface area (Å²) in [6.45, 7) is 3.68. The molecule has 3 rings (SSSR count). The van der Waals surface area contributed by atoms with Crippen LogP contribution in [0, 0.1) is 6.92 Å². The summed E-state index contributed by atoms with van der Waals surface area (Å²) in [5.74, 6) is -0.462. The Morgan fingerprint density at radius 1 is 1.06 bits per heavy atom. The fourth-order valence-electron chi connectivity index (χ4n) is 3.40. The van der Waals surface area contributed by atoms with Gasteiger partial charge in [-0.2, -0.15) is 13.2 Å². The van der Waals surface area contributed by atoms with E-state index in [0.29, 0.717) is 22.5 Å². The smallest absolute Gasteiger partial charge is 0.416 e. The number of rotatable bonds is 6. The first-order valence-corrected chi connectivity index (χ1v) is 11.7. The van der Waals surface area contributed by atoms with E-state index in [9.17, 15) is 26.4 Å². The highest BCUT2D eigenvalue weighted by molar-refractivity contribution is 7.90. The van der Waals surface area contributed by atoms with E-state index < -0.39 is 27.5 Å². The molecule has 9 heteroatoms. The predicted octanol–water partition coefficient (Wildman–Crippen LogP) is 4.98. The lowest BCUT2D eigenvalue weighted by Crippen LogP contribution is -2.09. The molecule has 32 heavy (non-hydrogen) atoms. The molecule has 0 saturated carbocycles. The molecule has 0 radical (unpaired) electrons. The first-order valence-electron chi connectivity index (χ1n) is 9.76. The number of ether oxygens (including phenoxy) is 1. The Labute approximate surface area is 184 Å². The number of halogens is 3. The van der Waals surface area contributed by atoms with Crippen LogP contribution in [0.25, 0.3) is 16.9 Å². The van der Waals surface area contributed by atoms with Crippen LogP contribution in [0.2, 0.25) is 0 Å². The molecule has 170 valence electrons. The topological polar surface area (TPSA) is 65.4 Å². The monoisotopic (exact) mass is 465 g/mol. The minimum Gasteiger partial charge on any atom is -0.466 e. The second-order valence-electron chi connectivity index (χ2n) is 7.33. The highest BCUT2D eigenvalue weighted by atomic mass is 32.2. The van der Waals surface area contributed by atoms with E-state index in [1.54, 1.807) is 36.7 Å². The Hall–Kier alpha value is -3.07. The zero-order valence-electron chi connectivity index (χ0n) is 17.7. The Morgan fingerprint density at radius 3 is 2.28 bits per heavy atom. The molecule has 0 aliphatic heterocycles. The molecular formula is C23H22F3NO4S. The molecule has 1 heterocycles. The van der Waals surface area contributed by atoms with Crippen LogP contribution >= 0.6 is 0 Å². The molecule has 0 aliphatic rings. The van der Waals surface area contributed by atoms with Crippen molar-refractivity contribution in [1.29, 1.82) is 0 Å². The molecule has 0 N–H and O–H groups in total. The van der Waals surface area contributed by atoms with E-state index in [0.717, 1.165) is 24.0 Å². The number of carbonyl (C=O) groups is 1. The average molecular weight is 465 g/mol. The van der Waals surface area contributed by atoms with Crippen molar-refractivity contribution < 1.29 is 31.1 Å². The molecule has 0 spiro atoms. The van der Waals surface area contributed by atoms with Crippen LogP contribution in [0.15, 0.2) is 59.6 Å². The number of aromatic nitrogens is 1. The number of aryl methyl sites for hydroxylation is 1. The molecule has 0 unspecified atom stereocenters. The maximum Gasteiger partial charge on any atom is 0.416 e. The molecule has 0 amide bonds. The quantitative estimate of drug-likeness (QED) is 0.482. The Bertz CT molecular complexity index is 1240. The third kappa shape index (κ3) is 5.04. The Morgan fingerprint density at radius 2 is 1.72 bits per heavy atom. The summed E-state index contributed by atoms with van der Waals surface area (Å²) in [6, 6.07) is 10.9. The van der Waals surface area contributed by atoms with Crippen molar-refractivity contribution in [2.24, 2.45) is 0 Å². The van der Waals surface area contributed by atoms with Crippen LogP contribution in [0.1, 0.15) is 23.6 Å². The van der Waals surface area contributed by atoms with Gasteiger partial charge in [-0.05, 0) is 67.4 Å². The largest absolute Gasteiger partial charge is 0.466 e. The number of nitrogens with zero attached hydrogens (tertiary/aromatic N) is 1. The van der Waals surface area contributed by atoms with Crippen molar-refractivity contribution in [1.82, 2.24) is 4.57 Å². The number of hydrogen-bond acceptors (Lipinski definition) is 4. The number of alkyl halides is 3. The fraction of sp³-hybridized carbons (Fsp3) is 0.261. The second kappa shape index (κ2) is 8.82. The van der Waals surface area contributed by atoms with Crippen LogP contribution in [0.4, 0.5) is 13.2 Å². The van der Waals surface area contributed by atoms with Crippen LogP contribution in [0.3, 0.4) is 0 Å². The molecule has 2 aromatic carbocycles. The lowest BCUT2D eigenvalue weighted by atomic mass is 10.0. The minimum atomic E-state index is -4.46. The highest BCUT2D eigenvalue weighted by Crippen LogP contribution is 2.34. The zero-order chi connectivity index (χ0) is 23.7. The lowest BCUT2D eigenvalue weighted by molar-refractivity contribution is -0.142. The van der Waals surface area contributed by atoms with E-state index >= 15 is 0 Å². The van der Waals surface area contributed by atoms with Gasteiger partial charge in [-0.1, -0.05) is 6.07 Å². The van der Waals surface area contributed by atoms with Gasteiger partial charge in [0.25, 0.3) is 0 Å². The zero-order valence-corrected chi connectivity index (χ0v) is 18.5. The van der Waals surface area contributed by atoms with Crippen LogP contribution in [-0.4, -0.2) is 31.8 Å². The van der Waals surface area contributed by atoms with Gasteiger partial charge in [0.15, 0.2) is 9.84 Å². The van der Waals surface area contributed by atoms with Crippen molar-refractivity contribution in [3.8, 4) is 16.9 Å². The van der Waals surface area contributed by atoms with E-state index in [4.69, 9.17) is 4.74 Å². The van der Waals surface area contributed by atoms with Crippen LogP contribution in [0.5, 0.6) is 0 Å². The number of carbonyl (C=O) groups excluding carboxylic acids is 1. The van der Waals surface area contributed by atoms with Gasteiger partial charge in [-0.25, -0.2) is 8.42 Å². The van der Waals surface area contributed by atoms with E-state index in [1.165, 1.54) is 24.3 Å². The van der Waals surface area contributed by atoms with Gasteiger partial charge in [0.1, 0.15) is 0 Å². The maximum atomic E-state index is 13.0. The molecule has 5 nitrogen and oxygen atoms in total. The summed E-state index contributed by atoms with van der Waals surface area (Å²) in [7, 11) is -3.50. The fourth-order valence-corrected chi connectivity index (χ4v) is 4.05. The van der Waals surface area contributed by atoms with Gasteiger partial charge >= 0.3 is 12.1 Å².